The molecule has 0 radical (unpaired) electrons. The van der Waals surface area contributed by atoms with Gasteiger partial charge in [0.05, 0.1) is 19.8 Å². The van der Waals surface area contributed by atoms with E-state index < -0.39 is 17.3 Å². The first-order valence-corrected chi connectivity index (χ1v) is 15.3. The Morgan fingerprint density at radius 1 is 0.667 bits per heavy atom. The van der Waals surface area contributed by atoms with Gasteiger partial charge >= 0.3 is 6.09 Å². The van der Waals surface area contributed by atoms with E-state index in [9.17, 15) is 4.79 Å². The van der Waals surface area contributed by atoms with E-state index in [1.54, 1.807) is 7.11 Å². The number of hydrogen-bond donors (Lipinski definition) is 1. The number of hydrogen-bond acceptors (Lipinski definition) is 4. The Morgan fingerprint density at radius 3 is 1.76 bits per heavy atom. The van der Waals surface area contributed by atoms with Gasteiger partial charge < -0.3 is 19.5 Å². The van der Waals surface area contributed by atoms with Crippen molar-refractivity contribution in [3.05, 3.63) is 173 Å². The summed E-state index contributed by atoms with van der Waals surface area (Å²) in [6.07, 6.45) is 0.172. The van der Waals surface area contributed by atoms with E-state index in [0.717, 1.165) is 39.1 Å². The number of methoxy groups -OCH3 is 1. The molecule has 1 N–H and O–H groups in total. The van der Waals surface area contributed by atoms with E-state index in [1.165, 1.54) is 0 Å². The van der Waals surface area contributed by atoms with Gasteiger partial charge in [-0.3, -0.25) is 0 Å². The van der Waals surface area contributed by atoms with Gasteiger partial charge in [-0.1, -0.05) is 127 Å². The fraction of sp³-hybridized carbons (Fsp3) is 0.225. The number of nitrogens with one attached hydrogen (secondary N) is 1. The van der Waals surface area contributed by atoms with Crippen LogP contribution < -0.4 is 10.1 Å². The van der Waals surface area contributed by atoms with Gasteiger partial charge in [0.2, 0.25) is 0 Å². The van der Waals surface area contributed by atoms with Crippen LogP contribution in [-0.4, -0.2) is 18.8 Å². The normalized spacial score (nSPS) is 12.3. The van der Waals surface area contributed by atoms with Gasteiger partial charge in [-0.05, 0) is 72.7 Å². The molecular weight excluding hydrogens is 558 g/mol. The molecule has 5 rings (SSSR count). The third-order valence-corrected chi connectivity index (χ3v) is 7.64. The van der Waals surface area contributed by atoms with E-state index in [0.29, 0.717) is 13.0 Å². The standard InChI is InChI=1S/C40H41NO4/c1-39(2,3)45-38(42)41-37(28-30-15-8-5-9-16-30)32-18-14-17-31(27-32)29-44-40(33-19-10-6-11-20-33,34-21-12-7-13-22-34)35-23-25-36(43-4)26-24-35/h5-27,37H,28-29H2,1-4H3,(H,41,42). The van der Waals surface area contributed by atoms with Crippen molar-refractivity contribution in [2.24, 2.45) is 0 Å². The molecule has 0 fully saturated rings. The van der Waals surface area contributed by atoms with E-state index >= 15 is 0 Å². The molecule has 5 nitrogen and oxygen atoms in total. The highest BCUT2D eigenvalue weighted by Gasteiger charge is 2.37. The van der Waals surface area contributed by atoms with Crippen LogP contribution in [0.4, 0.5) is 4.79 Å². The molecule has 45 heavy (non-hydrogen) atoms. The summed E-state index contributed by atoms with van der Waals surface area (Å²) in [5, 5.41) is 3.11. The van der Waals surface area contributed by atoms with Gasteiger partial charge in [0.1, 0.15) is 17.0 Å². The summed E-state index contributed by atoms with van der Waals surface area (Å²) in [6.45, 7) is 5.93. The lowest BCUT2D eigenvalue weighted by molar-refractivity contribution is 0.000181. The second-order valence-corrected chi connectivity index (χ2v) is 12.1. The highest BCUT2D eigenvalue weighted by Crippen LogP contribution is 2.41. The highest BCUT2D eigenvalue weighted by molar-refractivity contribution is 5.68. The average Bonchev–Trinajstić information content (AvgIpc) is 3.06. The average molecular weight is 600 g/mol. The molecule has 0 bridgehead atoms. The molecule has 0 aliphatic rings. The van der Waals surface area contributed by atoms with Crippen molar-refractivity contribution >= 4 is 6.09 Å². The van der Waals surface area contributed by atoms with Crippen LogP contribution in [0.15, 0.2) is 140 Å². The molecular formula is C40H41NO4. The lowest BCUT2D eigenvalue weighted by Gasteiger charge is -2.36. The van der Waals surface area contributed by atoms with Crippen molar-refractivity contribution in [1.82, 2.24) is 5.32 Å². The zero-order valence-electron chi connectivity index (χ0n) is 26.4. The van der Waals surface area contributed by atoms with Gasteiger partial charge in [0, 0.05) is 0 Å². The van der Waals surface area contributed by atoms with Gasteiger partial charge in [-0.25, -0.2) is 4.79 Å². The molecule has 5 heteroatoms. The summed E-state index contributed by atoms with van der Waals surface area (Å²) in [5.41, 5.74) is 4.62. The molecule has 0 aliphatic carbocycles. The first-order valence-electron chi connectivity index (χ1n) is 15.3. The minimum Gasteiger partial charge on any atom is -0.497 e. The van der Waals surface area contributed by atoms with Gasteiger partial charge in [0.15, 0.2) is 0 Å². The molecule has 0 saturated heterocycles. The molecule has 5 aromatic rings. The molecule has 0 heterocycles. The molecule has 5 aromatic carbocycles. The second kappa shape index (κ2) is 14.3. The number of rotatable bonds is 11. The summed E-state index contributed by atoms with van der Waals surface area (Å²) >= 11 is 0. The maximum Gasteiger partial charge on any atom is 0.408 e. The molecule has 1 amide bonds. The van der Waals surface area contributed by atoms with E-state index in [-0.39, 0.29) is 6.04 Å². The number of carbonyl (C=O) groups is 1. The van der Waals surface area contributed by atoms with Crippen molar-refractivity contribution < 1.29 is 19.0 Å². The molecule has 0 aromatic heterocycles. The first-order chi connectivity index (χ1) is 21.8. The quantitative estimate of drug-likeness (QED) is 0.154. The van der Waals surface area contributed by atoms with Crippen molar-refractivity contribution in [1.29, 1.82) is 0 Å². The first kappa shape index (κ1) is 31.6. The Labute approximate surface area is 266 Å². The molecule has 1 unspecified atom stereocenters. The number of benzene rings is 5. The van der Waals surface area contributed by atoms with Gasteiger partial charge in [-0.15, -0.1) is 0 Å². The number of alkyl carbamates (subject to hydrolysis) is 1. The van der Waals surface area contributed by atoms with E-state index in [1.807, 2.05) is 99.6 Å². The lowest BCUT2D eigenvalue weighted by atomic mass is 9.80. The van der Waals surface area contributed by atoms with Crippen molar-refractivity contribution in [2.45, 2.75) is 51.0 Å². The largest absolute Gasteiger partial charge is 0.497 e. The maximum absolute atomic E-state index is 12.9. The van der Waals surface area contributed by atoms with Crippen LogP contribution in [0.2, 0.25) is 0 Å². The summed E-state index contributed by atoms with van der Waals surface area (Å²) in [5.74, 6) is 0.781. The van der Waals surface area contributed by atoms with Crippen molar-refractivity contribution in [3.8, 4) is 5.75 Å². The minimum atomic E-state index is -0.886. The molecule has 230 valence electrons. The third-order valence-electron chi connectivity index (χ3n) is 7.64. The Bertz CT molecular complexity index is 1610. The molecule has 0 saturated carbocycles. The van der Waals surface area contributed by atoms with Crippen LogP contribution in [0.1, 0.15) is 60.2 Å². The monoisotopic (exact) mass is 599 g/mol. The Hall–Kier alpha value is -4.87. The maximum atomic E-state index is 12.9. The summed E-state index contributed by atoms with van der Waals surface area (Å²) < 4.78 is 18.2. The Kier molecular flexibility index (Phi) is 10.0. The highest BCUT2D eigenvalue weighted by atomic mass is 16.6. The van der Waals surface area contributed by atoms with Gasteiger partial charge in [-0.2, -0.15) is 0 Å². The molecule has 1 atom stereocenters. The summed E-state index contributed by atoms with van der Waals surface area (Å²) in [4.78, 5) is 12.9. The Morgan fingerprint density at radius 2 is 1.20 bits per heavy atom. The third kappa shape index (κ3) is 8.00. The number of ether oxygens (including phenoxy) is 3. The fourth-order valence-corrected chi connectivity index (χ4v) is 5.56. The van der Waals surface area contributed by atoms with Crippen LogP contribution in [-0.2, 0) is 28.1 Å². The van der Waals surface area contributed by atoms with Crippen LogP contribution >= 0.6 is 0 Å². The van der Waals surface area contributed by atoms with Crippen LogP contribution in [0.3, 0.4) is 0 Å². The molecule has 0 spiro atoms. The number of carbonyl (C=O) groups excluding carboxylic acids is 1. The van der Waals surface area contributed by atoms with Crippen molar-refractivity contribution in [2.75, 3.05) is 7.11 Å². The Balaban J connectivity index is 1.51. The summed E-state index contributed by atoms with van der Waals surface area (Å²) in [7, 11) is 1.67. The zero-order chi connectivity index (χ0) is 31.7. The fourth-order valence-electron chi connectivity index (χ4n) is 5.56. The topological polar surface area (TPSA) is 56.8 Å². The van der Waals surface area contributed by atoms with E-state index in [2.05, 4.69) is 66.0 Å². The zero-order valence-corrected chi connectivity index (χ0v) is 26.4. The minimum absolute atomic E-state index is 0.295. The lowest BCUT2D eigenvalue weighted by Crippen LogP contribution is -2.35. The smallest absolute Gasteiger partial charge is 0.408 e. The molecule has 0 aliphatic heterocycles. The van der Waals surface area contributed by atoms with Crippen molar-refractivity contribution in [3.63, 3.8) is 0 Å². The predicted octanol–water partition coefficient (Wildman–Crippen LogP) is 9.01. The van der Waals surface area contributed by atoms with E-state index in [4.69, 9.17) is 14.2 Å². The number of amides is 1. The SMILES string of the molecule is COc1ccc(C(OCc2cccc(C(Cc3ccccc3)NC(=O)OC(C)(C)C)c2)(c2ccccc2)c2ccccc2)cc1. The summed E-state index contributed by atoms with van der Waals surface area (Å²) in [6, 6.07) is 46.8. The second-order valence-electron chi connectivity index (χ2n) is 12.1. The van der Waals surface area contributed by atoms with Crippen LogP contribution in [0.25, 0.3) is 0 Å². The van der Waals surface area contributed by atoms with Gasteiger partial charge in [0.25, 0.3) is 0 Å². The predicted molar refractivity (Wildman–Crippen MR) is 179 cm³/mol. The van der Waals surface area contributed by atoms with Crippen LogP contribution in [0.5, 0.6) is 5.75 Å². The van der Waals surface area contributed by atoms with Crippen LogP contribution in [0, 0.1) is 0 Å².